The van der Waals surface area contributed by atoms with E-state index in [0.29, 0.717) is 18.1 Å². The maximum Gasteiger partial charge on any atom is 0.0939 e. The molecule has 4 atom stereocenters. The second-order valence-electron chi connectivity index (χ2n) is 5.96. The van der Waals surface area contributed by atoms with Gasteiger partial charge in [-0.2, -0.15) is 0 Å². The average Bonchev–Trinajstić information content (AvgIpc) is 2.86. The van der Waals surface area contributed by atoms with Crippen LogP contribution in [0.3, 0.4) is 0 Å². The van der Waals surface area contributed by atoms with E-state index in [-0.39, 0.29) is 5.60 Å². The van der Waals surface area contributed by atoms with Crippen LogP contribution in [0.25, 0.3) is 0 Å². The predicted octanol–water partition coefficient (Wildman–Crippen LogP) is 1.98. The molecule has 2 rings (SSSR count). The van der Waals surface area contributed by atoms with Gasteiger partial charge in [-0.25, -0.2) is 0 Å². The summed E-state index contributed by atoms with van der Waals surface area (Å²) in [4.78, 5) is 0. The molecule has 4 nitrogen and oxygen atoms in total. The van der Waals surface area contributed by atoms with E-state index >= 15 is 0 Å². The Morgan fingerprint density at radius 3 is 2.84 bits per heavy atom. The van der Waals surface area contributed by atoms with Gasteiger partial charge in [0.15, 0.2) is 0 Å². The number of methoxy groups -OCH3 is 1. The van der Waals surface area contributed by atoms with Gasteiger partial charge in [-0.15, -0.1) is 0 Å². The first-order valence-corrected chi connectivity index (χ1v) is 7.66. The molecule has 112 valence electrons. The van der Waals surface area contributed by atoms with Crippen LogP contribution in [-0.2, 0) is 14.2 Å². The molecule has 0 radical (unpaired) electrons. The summed E-state index contributed by atoms with van der Waals surface area (Å²) >= 11 is 0. The fraction of sp³-hybridized carbons (Fsp3) is 1.00. The first kappa shape index (κ1) is 15.2. The van der Waals surface area contributed by atoms with Crippen LogP contribution in [0, 0.1) is 5.92 Å². The predicted molar refractivity (Wildman–Crippen MR) is 75.4 cm³/mol. The highest BCUT2D eigenvalue weighted by Crippen LogP contribution is 2.38. The lowest BCUT2D eigenvalue weighted by molar-refractivity contribution is -0.111. The highest BCUT2D eigenvalue weighted by Gasteiger charge is 2.44. The van der Waals surface area contributed by atoms with Crippen LogP contribution >= 0.6 is 0 Å². The van der Waals surface area contributed by atoms with E-state index in [9.17, 15) is 0 Å². The number of hydrogen-bond acceptors (Lipinski definition) is 4. The highest BCUT2D eigenvalue weighted by atomic mass is 16.6. The molecule has 2 fully saturated rings. The Bertz CT molecular complexity index is 266. The quantitative estimate of drug-likeness (QED) is 0.802. The summed E-state index contributed by atoms with van der Waals surface area (Å²) in [6.07, 6.45) is 5.85. The fourth-order valence-corrected chi connectivity index (χ4v) is 3.69. The lowest BCUT2D eigenvalue weighted by Crippen LogP contribution is -2.51. The van der Waals surface area contributed by atoms with Crippen molar-refractivity contribution in [1.29, 1.82) is 0 Å². The molecule has 0 aromatic heterocycles. The van der Waals surface area contributed by atoms with Gasteiger partial charge in [-0.1, -0.05) is 13.3 Å². The molecule has 4 unspecified atom stereocenters. The molecule has 0 aliphatic carbocycles. The molecule has 2 heterocycles. The summed E-state index contributed by atoms with van der Waals surface area (Å²) in [5.41, 5.74) is -0.0114. The van der Waals surface area contributed by atoms with Crippen molar-refractivity contribution in [3.8, 4) is 0 Å². The van der Waals surface area contributed by atoms with Gasteiger partial charge in [0, 0.05) is 32.8 Å². The lowest BCUT2D eigenvalue weighted by atomic mass is 9.79. The topological polar surface area (TPSA) is 39.7 Å². The van der Waals surface area contributed by atoms with E-state index in [2.05, 4.69) is 19.3 Å². The van der Waals surface area contributed by atoms with Gasteiger partial charge in [0.2, 0.25) is 0 Å². The van der Waals surface area contributed by atoms with Crippen molar-refractivity contribution in [3.05, 3.63) is 0 Å². The van der Waals surface area contributed by atoms with Gasteiger partial charge >= 0.3 is 0 Å². The number of ether oxygens (including phenoxy) is 3. The van der Waals surface area contributed by atoms with E-state index in [1.807, 2.05) is 7.11 Å². The average molecular weight is 271 g/mol. The van der Waals surface area contributed by atoms with Crippen LogP contribution in [0.1, 0.15) is 39.0 Å². The molecule has 1 N–H and O–H groups in total. The summed E-state index contributed by atoms with van der Waals surface area (Å²) in [7, 11) is 3.89. The van der Waals surface area contributed by atoms with Crippen molar-refractivity contribution in [2.75, 3.05) is 34.0 Å². The van der Waals surface area contributed by atoms with Crippen LogP contribution in [-0.4, -0.2) is 51.7 Å². The van der Waals surface area contributed by atoms with Crippen LogP contribution in [0.5, 0.6) is 0 Å². The lowest BCUT2D eigenvalue weighted by Gasteiger charge is -2.42. The van der Waals surface area contributed by atoms with E-state index in [1.165, 1.54) is 0 Å². The number of likely N-dealkylation sites (N-methyl/N-ethyl adjacent to an activating group) is 1. The molecule has 0 saturated carbocycles. The molecule has 1 spiro atoms. The summed E-state index contributed by atoms with van der Waals surface area (Å²) in [6, 6.07) is 0.423. The van der Waals surface area contributed by atoms with Crippen molar-refractivity contribution < 1.29 is 14.2 Å². The molecule has 2 aliphatic heterocycles. The van der Waals surface area contributed by atoms with Crippen molar-refractivity contribution in [2.45, 2.75) is 56.8 Å². The van der Waals surface area contributed by atoms with Crippen LogP contribution < -0.4 is 5.32 Å². The first-order chi connectivity index (χ1) is 9.24. The normalized spacial score (nSPS) is 34.6. The Morgan fingerprint density at radius 1 is 1.42 bits per heavy atom. The molecule has 0 aromatic carbocycles. The van der Waals surface area contributed by atoms with E-state index < -0.39 is 0 Å². The minimum Gasteiger partial charge on any atom is -0.380 e. The number of rotatable bonds is 6. The molecule has 0 bridgehead atoms. The number of hydrogen-bond donors (Lipinski definition) is 1. The zero-order valence-corrected chi connectivity index (χ0v) is 12.6. The Balaban J connectivity index is 2.00. The zero-order valence-electron chi connectivity index (χ0n) is 12.6. The smallest absolute Gasteiger partial charge is 0.0939 e. The summed E-state index contributed by atoms with van der Waals surface area (Å²) in [5.74, 6) is 0.622. The fourth-order valence-electron chi connectivity index (χ4n) is 3.69. The largest absolute Gasteiger partial charge is 0.380 e. The first-order valence-electron chi connectivity index (χ1n) is 7.66. The standard InChI is InChI=1S/C15H29NO3/c1-4-5-13(17-3)14(16-2)12-6-8-19-15(10-12)7-9-18-11-15/h12-14,16H,4-11H2,1-3H3. The Morgan fingerprint density at radius 2 is 2.26 bits per heavy atom. The van der Waals surface area contributed by atoms with Crippen molar-refractivity contribution >= 4 is 0 Å². The molecule has 0 amide bonds. The minimum absolute atomic E-state index is 0.0114. The Hall–Kier alpha value is -0.160. The maximum absolute atomic E-state index is 6.03. The molecule has 19 heavy (non-hydrogen) atoms. The highest BCUT2D eigenvalue weighted by molar-refractivity contribution is 4.95. The van der Waals surface area contributed by atoms with Crippen LogP contribution in [0.2, 0.25) is 0 Å². The van der Waals surface area contributed by atoms with Gasteiger partial charge in [-0.3, -0.25) is 0 Å². The van der Waals surface area contributed by atoms with Gasteiger partial charge in [0.05, 0.1) is 18.3 Å². The van der Waals surface area contributed by atoms with E-state index in [1.54, 1.807) is 0 Å². The van der Waals surface area contributed by atoms with Crippen LogP contribution in [0.15, 0.2) is 0 Å². The van der Waals surface area contributed by atoms with E-state index in [0.717, 1.165) is 51.9 Å². The molecule has 2 aliphatic rings. The molecule has 0 aromatic rings. The van der Waals surface area contributed by atoms with Crippen LogP contribution in [0.4, 0.5) is 0 Å². The van der Waals surface area contributed by atoms with Gasteiger partial charge in [-0.05, 0) is 32.2 Å². The van der Waals surface area contributed by atoms with Crippen molar-refractivity contribution in [2.24, 2.45) is 5.92 Å². The third-order valence-corrected chi connectivity index (χ3v) is 4.72. The Kier molecular flexibility index (Phi) is 5.63. The second kappa shape index (κ2) is 7.02. The van der Waals surface area contributed by atoms with Gasteiger partial charge in [0.25, 0.3) is 0 Å². The summed E-state index contributed by atoms with van der Waals surface area (Å²) in [6.45, 7) is 4.69. The van der Waals surface area contributed by atoms with Gasteiger partial charge in [0.1, 0.15) is 0 Å². The summed E-state index contributed by atoms with van der Waals surface area (Å²) < 4.78 is 17.3. The monoisotopic (exact) mass is 271 g/mol. The summed E-state index contributed by atoms with van der Waals surface area (Å²) in [5, 5.41) is 3.49. The maximum atomic E-state index is 6.03. The third-order valence-electron chi connectivity index (χ3n) is 4.72. The molecular formula is C15H29NO3. The third kappa shape index (κ3) is 3.48. The van der Waals surface area contributed by atoms with E-state index in [4.69, 9.17) is 14.2 Å². The molecule has 2 saturated heterocycles. The molecule has 4 heteroatoms. The second-order valence-corrected chi connectivity index (χ2v) is 5.96. The zero-order chi connectivity index (χ0) is 13.7. The van der Waals surface area contributed by atoms with Crippen molar-refractivity contribution in [1.82, 2.24) is 5.32 Å². The Labute approximate surface area is 117 Å². The number of nitrogens with one attached hydrogen (secondary N) is 1. The van der Waals surface area contributed by atoms with Gasteiger partial charge < -0.3 is 19.5 Å². The SMILES string of the molecule is CCCC(OC)C(NC)C1CCOC2(CCOC2)C1. The molecular weight excluding hydrogens is 242 g/mol. The van der Waals surface area contributed by atoms with Crippen molar-refractivity contribution in [3.63, 3.8) is 0 Å². The minimum atomic E-state index is -0.0114.